The summed E-state index contributed by atoms with van der Waals surface area (Å²) in [7, 11) is 0. The fourth-order valence-electron chi connectivity index (χ4n) is 6.47. The number of hydrogen-bond donors (Lipinski definition) is 3. The third-order valence-corrected chi connectivity index (χ3v) is 6.06. The molecule has 0 aromatic rings. The lowest BCUT2D eigenvalue weighted by atomic mass is 9.43. The van der Waals surface area contributed by atoms with E-state index in [9.17, 15) is 9.59 Å². The minimum absolute atomic E-state index is 0.0651. The Bertz CT molecular complexity index is 486. The van der Waals surface area contributed by atoms with E-state index in [-0.39, 0.29) is 23.8 Å². The van der Waals surface area contributed by atoms with Gasteiger partial charge >= 0.3 is 0 Å². The van der Waals surface area contributed by atoms with Crippen molar-refractivity contribution in [3.63, 3.8) is 0 Å². The molecule has 0 aromatic carbocycles. The van der Waals surface area contributed by atoms with E-state index in [2.05, 4.69) is 24.5 Å². The van der Waals surface area contributed by atoms with E-state index in [0.29, 0.717) is 23.9 Å². The van der Waals surface area contributed by atoms with E-state index >= 15 is 0 Å². The molecule has 4 saturated carbocycles. The van der Waals surface area contributed by atoms with E-state index in [1.54, 1.807) is 0 Å². The van der Waals surface area contributed by atoms with Crippen LogP contribution in [-0.2, 0) is 9.59 Å². The summed E-state index contributed by atoms with van der Waals surface area (Å²) in [5.74, 6) is 0.419. The highest BCUT2D eigenvalue weighted by Gasteiger charge is 2.60. The highest BCUT2D eigenvalue weighted by atomic mass is 16.2. The maximum absolute atomic E-state index is 12.4. The van der Waals surface area contributed by atoms with E-state index in [4.69, 9.17) is 5.73 Å². The van der Waals surface area contributed by atoms with Gasteiger partial charge in [0.2, 0.25) is 11.8 Å². The molecule has 2 atom stereocenters. The predicted molar refractivity (Wildman–Crippen MR) is 89.6 cm³/mol. The van der Waals surface area contributed by atoms with Crippen molar-refractivity contribution in [3.8, 4) is 0 Å². The van der Waals surface area contributed by atoms with E-state index in [1.165, 1.54) is 19.3 Å². The highest BCUT2D eigenvalue weighted by Crippen LogP contribution is 2.66. The second-order valence-electron chi connectivity index (χ2n) is 9.13. The third kappa shape index (κ3) is 3.54. The van der Waals surface area contributed by atoms with Crippen LogP contribution in [0, 0.1) is 16.7 Å². The molecule has 2 unspecified atom stereocenters. The van der Waals surface area contributed by atoms with Gasteiger partial charge in [0.15, 0.2) is 0 Å². The Morgan fingerprint density at radius 3 is 2.26 bits per heavy atom. The van der Waals surface area contributed by atoms with Crippen LogP contribution in [0.1, 0.15) is 65.2 Å². The summed E-state index contributed by atoms with van der Waals surface area (Å²) in [6.45, 7) is 5.87. The monoisotopic (exact) mass is 321 g/mol. The van der Waals surface area contributed by atoms with Crippen LogP contribution in [0.25, 0.3) is 0 Å². The van der Waals surface area contributed by atoms with Gasteiger partial charge in [0, 0.05) is 12.1 Å². The van der Waals surface area contributed by atoms with Crippen molar-refractivity contribution in [2.24, 2.45) is 22.5 Å². The van der Waals surface area contributed by atoms with Crippen LogP contribution in [0.5, 0.6) is 0 Å². The van der Waals surface area contributed by atoms with Gasteiger partial charge in [-0.05, 0) is 68.2 Å². The molecular weight excluding hydrogens is 290 g/mol. The first-order valence-electron chi connectivity index (χ1n) is 9.03. The Kier molecular flexibility index (Phi) is 4.20. The predicted octanol–water partition coefficient (Wildman–Crippen LogP) is 1.71. The first-order chi connectivity index (χ1) is 10.8. The van der Waals surface area contributed by atoms with Gasteiger partial charge in [-0.2, -0.15) is 0 Å². The van der Waals surface area contributed by atoms with Gasteiger partial charge in [0.25, 0.3) is 0 Å². The van der Waals surface area contributed by atoms with E-state index < -0.39 is 0 Å². The van der Waals surface area contributed by atoms with Crippen LogP contribution in [0.2, 0.25) is 0 Å². The van der Waals surface area contributed by atoms with Crippen molar-refractivity contribution in [2.45, 2.75) is 70.8 Å². The minimum atomic E-state index is -0.196. The maximum atomic E-state index is 12.4. The molecule has 0 aromatic heterocycles. The average molecular weight is 321 g/mol. The summed E-state index contributed by atoms with van der Waals surface area (Å²) in [6.07, 6.45) is 7.82. The molecule has 5 heteroatoms. The SMILES string of the molecule is CC12CC3CC(C)(C1)CC(NC(=O)CC(=O)NCCCN)(C3)C2. The van der Waals surface area contributed by atoms with Gasteiger partial charge in [0.1, 0.15) is 6.42 Å². The topological polar surface area (TPSA) is 84.2 Å². The van der Waals surface area contributed by atoms with Gasteiger partial charge in [-0.15, -0.1) is 0 Å². The summed E-state index contributed by atoms with van der Waals surface area (Å²) in [5.41, 5.74) is 6.07. The Labute approximate surface area is 139 Å². The van der Waals surface area contributed by atoms with Crippen LogP contribution in [-0.4, -0.2) is 30.4 Å². The summed E-state index contributed by atoms with van der Waals surface area (Å²) in [5, 5.41) is 6.03. The first kappa shape index (κ1) is 16.7. The average Bonchev–Trinajstić information content (AvgIpc) is 2.33. The molecule has 4 fully saturated rings. The molecule has 5 nitrogen and oxygen atoms in total. The van der Waals surface area contributed by atoms with Crippen LogP contribution < -0.4 is 16.4 Å². The lowest BCUT2D eigenvalue weighted by Crippen LogP contribution is -2.65. The van der Waals surface area contributed by atoms with E-state index in [1.807, 2.05) is 0 Å². The van der Waals surface area contributed by atoms with Crippen molar-refractivity contribution in [1.29, 1.82) is 0 Å². The van der Waals surface area contributed by atoms with Crippen molar-refractivity contribution in [1.82, 2.24) is 10.6 Å². The summed E-state index contributed by atoms with van der Waals surface area (Å²) in [4.78, 5) is 24.2. The van der Waals surface area contributed by atoms with Crippen molar-refractivity contribution < 1.29 is 9.59 Å². The fourth-order valence-corrected chi connectivity index (χ4v) is 6.47. The first-order valence-corrected chi connectivity index (χ1v) is 9.03. The lowest BCUT2D eigenvalue weighted by Gasteiger charge is -2.65. The zero-order chi connectivity index (χ0) is 16.7. The van der Waals surface area contributed by atoms with Crippen molar-refractivity contribution in [2.75, 3.05) is 13.1 Å². The number of nitrogens with two attached hydrogens (primary N) is 1. The second-order valence-corrected chi connectivity index (χ2v) is 9.13. The minimum Gasteiger partial charge on any atom is -0.356 e. The highest BCUT2D eigenvalue weighted by molar-refractivity contribution is 5.97. The van der Waals surface area contributed by atoms with Gasteiger partial charge < -0.3 is 16.4 Å². The molecule has 130 valence electrons. The summed E-state index contributed by atoms with van der Waals surface area (Å²) >= 11 is 0. The molecule has 4 aliphatic carbocycles. The number of amides is 2. The van der Waals surface area contributed by atoms with Crippen LogP contribution in [0.4, 0.5) is 0 Å². The molecule has 0 spiro atoms. The van der Waals surface area contributed by atoms with Gasteiger partial charge in [0.05, 0.1) is 0 Å². The van der Waals surface area contributed by atoms with Crippen molar-refractivity contribution in [3.05, 3.63) is 0 Å². The standard InChI is InChI=1S/C18H31N3O2/c1-16-7-13-8-17(2,10-16)12-18(9-13,11-16)21-15(23)6-14(22)20-5-3-4-19/h13H,3-12,19H2,1-2H3,(H,20,22)(H,21,23). The number of carbonyl (C=O) groups excluding carboxylic acids is 2. The Morgan fingerprint density at radius 1 is 1.04 bits per heavy atom. The molecule has 0 heterocycles. The quantitative estimate of drug-likeness (QED) is 0.514. The lowest BCUT2D eigenvalue weighted by molar-refractivity contribution is -0.141. The number of hydrogen-bond acceptors (Lipinski definition) is 3. The molecule has 4 aliphatic rings. The summed E-state index contributed by atoms with van der Waals surface area (Å²) in [6, 6.07) is 0. The third-order valence-electron chi connectivity index (χ3n) is 6.06. The molecular formula is C18H31N3O2. The zero-order valence-electron chi connectivity index (χ0n) is 14.5. The molecule has 0 radical (unpaired) electrons. The normalized spacial score (nSPS) is 40.9. The van der Waals surface area contributed by atoms with Crippen molar-refractivity contribution >= 4 is 11.8 Å². The zero-order valence-corrected chi connectivity index (χ0v) is 14.5. The molecule has 23 heavy (non-hydrogen) atoms. The van der Waals surface area contributed by atoms with Crippen LogP contribution >= 0.6 is 0 Å². The molecule has 2 amide bonds. The second kappa shape index (κ2) is 5.76. The molecule has 0 aliphatic heterocycles. The Morgan fingerprint density at radius 2 is 1.70 bits per heavy atom. The molecule has 4 rings (SSSR count). The van der Waals surface area contributed by atoms with Gasteiger partial charge in [-0.25, -0.2) is 0 Å². The van der Waals surface area contributed by atoms with E-state index in [0.717, 1.165) is 31.6 Å². The fraction of sp³-hybridized carbons (Fsp3) is 0.889. The van der Waals surface area contributed by atoms with Crippen LogP contribution in [0.15, 0.2) is 0 Å². The van der Waals surface area contributed by atoms with Gasteiger partial charge in [-0.3, -0.25) is 9.59 Å². The Balaban J connectivity index is 1.59. The largest absolute Gasteiger partial charge is 0.356 e. The molecule has 4 bridgehead atoms. The number of carbonyl (C=O) groups is 2. The Hall–Kier alpha value is -1.10. The van der Waals surface area contributed by atoms with Gasteiger partial charge in [-0.1, -0.05) is 13.8 Å². The van der Waals surface area contributed by atoms with Crippen LogP contribution in [0.3, 0.4) is 0 Å². The smallest absolute Gasteiger partial charge is 0.229 e. The number of rotatable bonds is 6. The number of nitrogens with one attached hydrogen (secondary N) is 2. The maximum Gasteiger partial charge on any atom is 0.229 e. The molecule has 4 N–H and O–H groups in total. The molecule has 0 saturated heterocycles. The summed E-state index contributed by atoms with van der Waals surface area (Å²) < 4.78 is 0.